The second-order valence-electron chi connectivity index (χ2n) is 4.32. The zero-order valence-electron chi connectivity index (χ0n) is 8.52. The molecule has 0 aromatic carbocycles. The van der Waals surface area contributed by atoms with E-state index in [1.807, 2.05) is 0 Å². The van der Waals surface area contributed by atoms with Gasteiger partial charge < -0.3 is 0 Å². The van der Waals surface area contributed by atoms with Crippen LogP contribution in [0.15, 0.2) is 22.0 Å². The Morgan fingerprint density at radius 2 is 2.08 bits per heavy atom. The summed E-state index contributed by atoms with van der Waals surface area (Å²) >= 11 is 5.25. The minimum absolute atomic E-state index is 0.264. The standard InChI is InChI=1S/C11H15BrS/c1-8(6-11(2,3)4)10-5-9(12)7-13-10/h5-7H,1-4H3/b8-6+. The highest BCUT2D eigenvalue weighted by atomic mass is 79.9. The Morgan fingerprint density at radius 3 is 2.46 bits per heavy atom. The van der Waals surface area contributed by atoms with Crippen molar-refractivity contribution in [3.8, 4) is 0 Å². The molecule has 0 fully saturated rings. The van der Waals surface area contributed by atoms with Gasteiger partial charge in [-0.05, 0) is 39.9 Å². The quantitative estimate of drug-likeness (QED) is 0.668. The van der Waals surface area contributed by atoms with Crippen LogP contribution in [0.2, 0.25) is 0 Å². The molecule has 72 valence electrons. The molecule has 1 aromatic heterocycles. The van der Waals surface area contributed by atoms with Crippen molar-refractivity contribution < 1.29 is 0 Å². The van der Waals surface area contributed by atoms with Gasteiger partial charge in [0.25, 0.3) is 0 Å². The fraction of sp³-hybridized carbons (Fsp3) is 0.455. The molecule has 0 aliphatic heterocycles. The Balaban J connectivity index is 2.91. The first-order chi connectivity index (χ1) is 5.88. The minimum Gasteiger partial charge on any atom is -0.143 e. The molecular weight excluding hydrogens is 244 g/mol. The summed E-state index contributed by atoms with van der Waals surface area (Å²) in [7, 11) is 0. The van der Waals surface area contributed by atoms with Crippen LogP contribution in [0.1, 0.15) is 32.6 Å². The van der Waals surface area contributed by atoms with Crippen molar-refractivity contribution >= 4 is 32.8 Å². The SMILES string of the molecule is C/C(=C\C(C)(C)C)c1cc(Br)cs1. The average Bonchev–Trinajstić information content (AvgIpc) is 2.31. The van der Waals surface area contributed by atoms with Crippen LogP contribution in [0.5, 0.6) is 0 Å². The van der Waals surface area contributed by atoms with Gasteiger partial charge in [0.15, 0.2) is 0 Å². The maximum absolute atomic E-state index is 3.46. The first kappa shape index (κ1) is 11.0. The second-order valence-corrected chi connectivity index (χ2v) is 6.15. The van der Waals surface area contributed by atoms with Gasteiger partial charge >= 0.3 is 0 Å². The Labute approximate surface area is 92.8 Å². The molecule has 0 N–H and O–H groups in total. The molecule has 0 bridgehead atoms. The summed E-state index contributed by atoms with van der Waals surface area (Å²) in [5.41, 5.74) is 1.63. The Hall–Kier alpha value is -0.0800. The third-order valence-corrected chi connectivity index (χ3v) is 3.43. The monoisotopic (exact) mass is 258 g/mol. The van der Waals surface area contributed by atoms with E-state index in [0.717, 1.165) is 0 Å². The highest BCUT2D eigenvalue weighted by Crippen LogP contribution is 2.29. The third kappa shape index (κ3) is 3.65. The molecule has 0 amide bonds. The number of allylic oxidation sites excluding steroid dienone is 2. The third-order valence-electron chi connectivity index (χ3n) is 1.61. The van der Waals surface area contributed by atoms with Crippen LogP contribution in [0.4, 0.5) is 0 Å². The number of rotatable bonds is 1. The van der Waals surface area contributed by atoms with E-state index < -0.39 is 0 Å². The van der Waals surface area contributed by atoms with E-state index in [1.165, 1.54) is 14.9 Å². The number of thiophene rings is 1. The van der Waals surface area contributed by atoms with Crippen molar-refractivity contribution in [2.24, 2.45) is 5.41 Å². The Morgan fingerprint density at radius 1 is 1.46 bits per heavy atom. The largest absolute Gasteiger partial charge is 0.143 e. The molecular formula is C11H15BrS. The van der Waals surface area contributed by atoms with Gasteiger partial charge in [0.1, 0.15) is 0 Å². The summed E-state index contributed by atoms with van der Waals surface area (Å²) in [5.74, 6) is 0. The highest BCUT2D eigenvalue weighted by molar-refractivity contribution is 9.10. The van der Waals surface area contributed by atoms with Crippen molar-refractivity contribution in [3.05, 3.63) is 26.9 Å². The lowest BCUT2D eigenvalue weighted by Gasteiger charge is -2.13. The van der Waals surface area contributed by atoms with E-state index in [0.29, 0.717) is 0 Å². The van der Waals surface area contributed by atoms with Gasteiger partial charge in [-0.2, -0.15) is 0 Å². The molecule has 0 aliphatic rings. The van der Waals surface area contributed by atoms with Crippen molar-refractivity contribution in [2.45, 2.75) is 27.7 Å². The molecule has 0 spiro atoms. The molecule has 0 saturated heterocycles. The molecule has 1 heterocycles. The normalized spacial score (nSPS) is 13.5. The van der Waals surface area contributed by atoms with Gasteiger partial charge in [-0.15, -0.1) is 11.3 Å². The van der Waals surface area contributed by atoms with E-state index in [4.69, 9.17) is 0 Å². The van der Waals surface area contributed by atoms with Crippen molar-refractivity contribution in [1.29, 1.82) is 0 Å². The second kappa shape index (κ2) is 3.97. The van der Waals surface area contributed by atoms with Crippen LogP contribution in [0.25, 0.3) is 5.57 Å². The van der Waals surface area contributed by atoms with E-state index in [9.17, 15) is 0 Å². The number of hydrogen-bond donors (Lipinski definition) is 0. The zero-order chi connectivity index (χ0) is 10.1. The van der Waals surface area contributed by atoms with Gasteiger partial charge in [0.2, 0.25) is 0 Å². The lowest BCUT2D eigenvalue weighted by Crippen LogP contribution is -1.99. The lowest BCUT2D eigenvalue weighted by atomic mass is 9.93. The van der Waals surface area contributed by atoms with Crippen LogP contribution >= 0.6 is 27.3 Å². The van der Waals surface area contributed by atoms with E-state index in [-0.39, 0.29) is 5.41 Å². The summed E-state index contributed by atoms with van der Waals surface area (Å²) < 4.78 is 1.18. The molecule has 0 radical (unpaired) electrons. The minimum atomic E-state index is 0.264. The van der Waals surface area contributed by atoms with E-state index in [2.05, 4.69) is 61.1 Å². The zero-order valence-corrected chi connectivity index (χ0v) is 10.9. The van der Waals surface area contributed by atoms with E-state index in [1.54, 1.807) is 11.3 Å². The summed E-state index contributed by atoms with van der Waals surface area (Å²) in [5, 5.41) is 2.12. The van der Waals surface area contributed by atoms with Crippen LogP contribution in [0, 0.1) is 5.41 Å². The van der Waals surface area contributed by atoms with Crippen molar-refractivity contribution in [3.63, 3.8) is 0 Å². The first-order valence-electron chi connectivity index (χ1n) is 4.32. The van der Waals surface area contributed by atoms with Gasteiger partial charge in [-0.25, -0.2) is 0 Å². The Kier molecular flexibility index (Phi) is 3.36. The lowest BCUT2D eigenvalue weighted by molar-refractivity contribution is 0.545. The predicted molar refractivity (Wildman–Crippen MR) is 65.1 cm³/mol. The van der Waals surface area contributed by atoms with Crippen molar-refractivity contribution in [2.75, 3.05) is 0 Å². The molecule has 0 nitrogen and oxygen atoms in total. The van der Waals surface area contributed by atoms with Crippen LogP contribution in [0.3, 0.4) is 0 Å². The first-order valence-corrected chi connectivity index (χ1v) is 5.99. The molecule has 0 aliphatic carbocycles. The van der Waals surface area contributed by atoms with Gasteiger partial charge in [-0.3, -0.25) is 0 Å². The van der Waals surface area contributed by atoms with Crippen molar-refractivity contribution in [1.82, 2.24) is 0 Å². The Bertz CT molecular complexity index is 315. The predicted octanol–water partition coefficient (Wildman–Crippen LogP) is 4.96. The maximum atomic E-state index is 3.46. The summed E-state index contributed by atoms with van der Waals surface area (Å²) in [6.45, 7) is 8.83. The smallest absolute Gasteiger partial charge is 0.0308 e. The molecule has 13 heavy (non-hydrogen) atoms. The van der Waals surface area contributed by atoms with Gasteiger partial charge in [-0.1, -0.05) is 26.8 Å². The summed E-state index contributed by atoms with van der Waals surface area (Å²) in [6, 6.07) is 2.17. The molecule has 0 saturated carbocycles. The van der Waals surface area contributed by atoms with Gasteiger partial charge in [0, 0.05) is 14.7 Å². The van der Waals surface area contributed by atoms with Gasteiger partial charge in [0.05, 0.1) is 0 Å². The van der Waals surface area contributed by atoms with Crippen LogP contribution in [-0.4, -0.2) is 0 Å². The summed E-state index contributed by atoms with van der Waals surface area (Å²) in [4.78, 5) is 1.35. The molecule has 1 aromatic rings. The highest BCUT2D eigenvalue weighted by Gasteiger charge is 2.08. The van der Waals surface area contributed by atoms with Crippen LogP contribution < -0.4 is 0 Å². The van der Waals surface area contributed by atoms with Crippen LogP contribution in [-0.2, 0) is 0 Å². The average molecular weight is 259 g/mol. The molecule has 1 rings (SSSR count). The van der Waals surface area contributed by atoms with E-state index >= 15 is 0 Å². The topological polar surface area (TPSA) is 0 Å². The molecule has 0 unspecified atom stereocenters. The number of hydrogen-bond acceptors (Lipinski definition) is 1. The molecule has 0 atom stereocenters. The number of halogens is 1. The maximum Gasteiger partial charge on any atom is 0.0308 e. The fourth-order valence-corrected chi connectivity index (χ4v) is 2.65. The molecule has 2 heteroatoms. The fourth-order valence-electron chi connectivity index (χ4n) is 1.24. The summed E-state index contributed by atoms with van der Waals surface area (Å²) in [6.07, 6.45) is 2.31.